The molecule has 0 aliphatic heterocycles. The van der Waals surface area contributed by atoms with Crippen LogP contribution in [0.2, 0.25) is 0 Å². The molecule has 0 saturated heterocycles. The molecule has 0 fully saturated rings. The Kier molecular flexibility index (Phi) is 7.08. The van der Waals surface area contributed by atoms with Crippen molar-refractivity contribution in [2.45, 2.75) is 12.8 Å². The van der Waals surface area contributed by atoms with Crippen LogP contribution in [0.25, 0.3) is 0 Å². The summed E-state index contributed by atoms with van der Waals surface area (Å²) in [6.07, 6.45) is 5.79. The van der Waals surface area contributed by atoms with E-state index in [1.54, 1.807) is 0 Å². The fourth-order valence-electron chi connectivity index (χ4n) is 0.442. The molecule has 0 amide bonds. The molecule has 0 aliphatic rings. The van der Waals surface area contributed by atoms with Gasteiger partial charge in [0.25, 0.3) is 0 Å². The first kappa shape index (κ1) is 9.98. The zero-order chi connectivity index (χ0) is 7.82. The maximum absolute atomic E-state index is 5.14. The van der Waals surface area contributed by atoms with Gasteiger partial charge in [-0.1, -0.05) is 17.8 Å². The van der Waals surface area contributed by atoms with E-state index in [4.69, 9.17) is 17.0 Å². The molecule has 0 radical (unpaired) electrons. The second-order valence-corrected chi connectivity index (χ2v) is 3.14. The van der Waals surface area contributed by atoms with Gasteiger partial charge in [0.2, 0.25) is 4.38 Å². The molecule has 0 unspecified atom stereocenters. The van der Waals surface area contributed by atoms with Crippen LogP contribution in [-0.4, -0.2) is 17.2 Å². The van der Waals surface area contributed by atoms with Gasteiger partial charge < -0.3 is 4.74 Å². The van der Waals surface area contributed by atoms with Gasteiger partial charge in [0.1, 0.15) is 0 Å². The van der Waals surface area contributed by atoms with Crippen molar-refractivity contribution in [3.63, 3.8) is 0 Å². The van der Waals surface area contributed by atoms with E-state index in [1.807, 2.05) is 12.3 Å². The molecular formula is C7H12OS2. The number of allylic oxidation sites excluding steroid dienone is 1. The molecule has 0 atom stereocenters. The van der Waals surface area contributed by atoms with Crippen molar-refractivity contribution in [3.8, 4) is 0 Å². The highest BCUT2D eigenvalue weighted by molar-refractivity contribution is 8.22. The lowest BCUT2D eigenvalue weighted by molar-refractivity contribution is 0.316. The van der Waals surface area contributed by atoms with Crippen LogP contribution >= 0.6 is 24.0 Å². The minimum atomic E-state index is 0.629. The van der Waals surface area contributed by atoms with Gasteiger partial charge in [-0.05, 0) is 31.3 Å². The number of hydrogen-bond donors (Lipinski definition) is 0. The molecule has 3 heteroatoms. The minimum absolute atomic E-state index is 0.629. The van der Waals surface area contributed by atoms with Crippen molar-refractivity contribution in [2.24, 2.45) is 0 Å². The third kappa shape index (κ3) is 6.11. The molecule has 0 aromatic carbocycles. The third-order valence-corrected chi connectivity index (χ3v) is 2.01. The molecule has 1 nitrogen and oxygen atoms in total. The standard InChI is InChI=1S/C7H12OS2/c1-3-4-5-6-8-7(9)10-2/h3H,1,4-6H2,2H3. The maximum Gasteiger partial charge on any atom is 0.219 e. The van der Waals surface area contributed by atoms with E-state index in [1.165, 1.54) is 11.8 Å². The maximum atomic E-state index is 5.14. The third-order valence-electron chi connectivity index (χ3n) is 0.939. The molecule has 58 valence electrons. The van der Waals surface area contributed by atoms with Crippen molar-refractivity contribution in [1.29, 1.82) is 0 Å². The summed E-state index contributed by atoms with van der Waals surface area (Å²) in [5.74, 6) is 0. The second-order valence-electron chi connectivity index (χ2n) is 1.73. The Labute approximate surface area is 71.8 Å². The first-order valence-electron chi connectivity index (χ1n) is 3.13. The van der Waals surface area contributed by atoms with Crippen LogP contribution < -0.4 is 0 Å². The SMILES string of the molecule is C=CCCCOC(=S)SC. The highest BCUT2D eigenvalue weighted by atomic mass is 32.2. The number of thioether (sulfide) groups is 1. The molecule has 0 aromatic heterocycles. The smallest absolute Gasteiger partial charge is 0.219 e. The lowest BCUT2D eigenvalue weighted by Crippen LogP contribution is -1.97. The summed E-state index contributed by atoms with van der Waals surface area (Å²) in [4.78, 5) is 0. The molecular weight excluding hydrogens is 164 g/mol. The first-order valence-corrected chi connectivity index (χ1v) is 4.76. The van der Waals surface area contributed by atoms with Crippen molar-refractivity contribution >= 4 is 28.4 Å². The predicted molar refractivity (Wildman–Crippen MR) is 51.5 cm³/mol. The quantitative estimate of drug-likeness (QED) is 0.370. The summed E-state index contributed by atoms with van der Waals surface area (Å²) in [6, 6.07) is 0. The Balaban J connectivity index is 3.03. The monoisotopic (exact) mass is 176 g/mol. The normalized spacial score (nSPS) is 8.90. The minimum Gasteiger partial charge on any atom is -0.479 e. The van der Waals surface area contributed by atoms with Gasteiger partial charge in [-0.15, -0.1) is 6.58 Å². The van der Waals surface area contributed by atoms with Crippen LogP contribution in [0.3, 0.4) is 0 Å². The molecule has 10 heavy (non-hydrogen) atoms. The number of rotatable bonds is 4. The van der Waals surface area contributed by atoms with E-state index in [9.17, 15) is 0 Å². The van der Waals surface area contributed by atoms with Crippen LogP contribution in [0.4, 0.5) is 0 Å². The van der Waals surface area contributed by atoms with E-state index in [-0.39, 0.29) is 0 Å². The summed E-state index contributed by atoms with van der Waals surface area (Å²) in [5, 5.41) is 0. The Bertz CT molecular complexity index is 112. The Hall–Kier alpha value is -0.0200. The average molecular weight is 176 g/mol. The molecule has 0 aliphatic carbocycles. The summed E-state index contributed by atoms with van der Waals surface area (Å²) >= 11 is 6.29. The van der Waals surface area contributed by atoms with E-state index in [0.29, 0.717) is 11.0 Å². The molecule has 0 N–H and O–H groups in total. The van der Waals surface area contributed by atoms with E-state index in [0.717, 1.165) is 12.8 Å². The Morgan fingerprint density at radius 1 is 1.80 bits per heavy atom. The molecule has 0 heterocycles. The number of ether oxygens (including phenoxy) is 1. The van der Waals surface area contributed by atoms with Crippen LogP contribution in [0.1, 0.15) is 12.8 Å². The van der Waals surface area contributed by atoms with Crippen molar-refractivity contribution in [2.75, 3.05) is 12.9 Å². The highest BCUT2D eigenvalue weighted by Gasteiger charge is 1.91. The zero-order valence-electron chi connectivity index (χ0n) is 6.13. The lowest BCUT2D eigenvalue weighted by Gasteiger charge is -2.01. The van der Waals surface area contributed by atoms with Gasteiger partial charge in [0, 0.05) is 0 Å². The Morgan fingerprint density at radius 3 is 3.00 bits per heavy atom. The zero-order valence-corrected chi connectivity index (χ0v) is 7.76. The summed E-state index contributed by atoms with van der Waals surface area (Å²) in [6.45, 7) is 4.32. The summed E-state index contributed by atoms with van der Waals surface area (Å²) in [7, 11) is 0. The van der Waals surface area contributed by atoms with E-state index < -0.39 is 0 Å². The van der Waals surface area contributed by atoms with Crippen LogP contribution in [0, 0.1) is 0 Å². The predicted octanol–water partition coefficient (Wildman–Crippen LogP) is 2.62. The average Bonchev–Trinajstić information content (AvgIpc) is 1.98. The summed E-state index contributed by atoms with van der Waals surface area (Å²) < 4.78 is 5.77. The van der Waals surface area contributed by atoms with Gasteiger partial charge >= 0.3 is 0 Å². The fraction of sp³-hybridized carbons (Fsp3) is 0.571. The topological polar surface area (TPSA) is 9.23 Å². The van der Waals surface area contributed by atoms with Gasteiger partial charge in [0.15, 0.2) is 0 Å². The highest BCUT2D eigenvalue weighted by Crippen LogP contribution is 2.00. The largest absolute Gasteiger partial charge is 0.479 e. The molecule has 0 spiro atoms. The van der Waals surface area contributed by atoms with E-state index >= 15 is 0 Å². The van der Waals surface area contributed by atoms with Crippen molar-refractivity contribution < 1.29 is 4.74 Å². The number of hydrogen-bond acceptors (Lipinski definition) is 3. The molecule has 0 saturated carbocycles. The van der Waals surface area contributed by atoms with Crippen LogP contribution in [0.15, 0.2) is 12.7 Å². The van der Waals surface area contributed by atoms with Gasteiger partial charge in [-0.25, -0.2) is 0 Å². The van der Waals surface area contributed by atoms with Gasteiger partial charge in [0.05, 0.1) is 6.61 Å². The van der Waals surface area contributed by atoms with E-state index in [2.05, 4.69) is 6.58 Å². The molecule has 0 aromatic rings. The number of unbranched alkanes of at least 4 members (excludes halogenated alkanes) is 1. The Morgan fingerprint density at radius 2 is 2.50 bits per heavy atom. The fourth-order valence-corrected chi connectivity index (χ4v) is 0.727. The first-order chi connectivity index (χ1) is 4.81. The van der Waals surface area contributed by atoms with Gasteiger partial charge in [-0.3, -0.25) is 0 Å². The van der Waals surface area contributed by atoms with Crippen LogP contribution in [-0.2, 0) is 4.74 Å². The summed E-state index contributed by atoms with van der Waals surface area (Å²) in [5.41, 5.74) is 0. The van der Waals surface area contributed by atoms with Gasteiger partial charge in [-0.2, -0.15) is 0 Å². The second kappa shape index (κ2) is 7.09. The number of thiocarbonyl (C=S) groups is 1. The lowest BCUT2D eigenvalue weighted by atomic mass is 10.3. The molecule has 0 bridgehead atoms. The van der Waals surface area contributed by atoms with Crippen molar-refractivity contribution in [1.82, 2.24) is 0 Å². The van der Waals surface area contributed by atoms with Crippen LogP contribution in [0.5, 0.6) is 0 Å². The molecule has 0 rings (SSSR count). The van der Waals surface area contributed by atoms with Crippen molar-refractivity contribution in [3.05, 3.63) is 12.7 Å².